The number of hydrogen-bond donors (Lipinski definition) is 2. The summed E-state index contributed by atoms with van der Waals surface area (Å²) >= 11 is 0. The standard InChI is InChI=1S/C21H22N4O4/c1-2-3-10-29-25-19-15(11-22-12-23-19)18(17(20(25)26)21(27)28)24-16-9-8-13-6-4-5-7-14(13)16/h4-7,11-12,16,24H,2-3,8-10H2,1H3,(H,27,28). The van der Waals surface area contributed by atoms with Gasteiger partial charge in [-0.05, 0) is 30.4 Å². The minimum absolute atomic E-state index is 0.0936. The summed E-state index contributed by atoms with van der Waals surface area (Å²) in [7, 11) is 0. The molecule has 0 amide bonds. The molecule has 0 saturated carbocycles. The average molecular weight is 394 g/mol. The normalized spacial score (nSPS) is 15.3. The predicted octanol–water partition coefficient (Wildman–Crippen LogP) is 2.82. The average Bonchev–Trinajstić information content (AvgIpc) is 3.13. The molecule has 4 rings (SSSR count). The third-order valence-electron chi connectivity index (χ3n) is 5.18. The smallest absolute Gasteiger partial charge is 0.343 e. The fraction of sp³-hybridized carbons (Fsp3) is 0.333. The molecule has 1 aliphatic rings. The number of carboxylic acid groups (broad SMARTS) is 1. The van der Waals surface area contributed by atoms with Gasteiger partial charge in [0.15, 0.2) is 11.2 Å². The number of aryl methyl sites for hydroxylation is 1. The van der Waals surface area contributed by atoms with Crippen molar-refractivity contribution in [1.82, 2.24) is 14.7 Å². The lowest BCUT2D eigenvalue weighted by atomic mass is 10.1. The Kier molecular flexibility index (Phi) is 5.16. The molecule has 8 nitrogen and oxygen atoms in total. The lowest BCUT2D eigenvalue weighted by molar-refractivity contribution is 0.0682. The van der Waals surface area contributed by atoms with Gasteiger partial charge in [-0.25, -0.2) is 14.8 Å². The molecule has 2 N–H and O–H groups in total. The van der Waals surface area contributed by atoms with Crippen LogP contribution in [0.3, 0.4) is 0 Å². The first-order valence-electron chi connectivity index (χ1n) is 9.71. The number of nitrogens with zero attached hydrogens (tertiary/aromatic N) is 3. The van der Waals surface area contributed by atoms with Gasteiger partial charge in [-0.2, -0.15) is 0 Å². The van der Waals surface area contributed by atoms with Crippen LogP contribution in [-0.4, -0.2) is 32.4 Å². The van der Waals surface area contributed by atoms with Crippen molar-refractivity contribution in [2.45, 2.75) is 38.6 Å². The molecular weight excluding hydrogens is 372 g/mol. The molecule has 150 valence electrons. The number of aromatic nitrogens is 3. The number of fused-ring (bicyclic) bond motifs is 2. The first-order valence-corrected chi connectivity index (χ1v) is 9.71. The van der Waals surface area contributed by atoms with Crippen molar-refractivity contribution in [3.05, 3.63) is 63.8 Å². The monoisotopic (exact) mass is 394 g/mol. The van der Waals surface area contributed by atoms with E-state index in [1.165, 1.54) is 18.1 Å². The van der Waals surface area contributed by atoms with E-state index in [9.17, 15) is 14.7 Å². The highest BCUT2D eigenvalue weighted by Gasteiger charge is 2.28. The predicted molar refractivity (Wildman–Crippen MR) is 108 cm³/mol. The number of carboxylic acids is 1. The van der Waals surface area contributed by atoms with Gasteiger partial charge in [-0.15, -0.1) is 4.73 Å². The van der Waals surface area contributed by atoms with Crippen LogP contribution in [0.2, 0.25) is 0 Å². The summed E-state index contributed by atoms with van der Waals surface area (Å²) in [6, 6.07) is 7.94. The summed E-state index contributed by atoms with van der Waals surface area (Å²) in [5, 5.41) is 13.6. The van der Waals surface area contributed by atoms with Crippen LogP contribution in [0.15, 0.2) is 41.6 Å². The molecule has 3 aromatic rings. The number of rotatable bonds is 7. The van der Waals surface area contributed by atoms with Crippen LogP contribution in [0.25, 0.3) is 11.0 Å². The van der Waals surface area contributed by atoms with E-state index in [0.717, 1.165) is 36.0 Å². The third kappa shape index (κ3) is 3.41. The van der Waals surface area contributed by atoms with E-state index in [1.807, 2.05) is 25.1 Å². The maximum atomic E-state index is 13.0. The van der Waals surface area contributed by atoms with Gasteiger partial charge in [-0.3, -0.25) is 4.79 Å². The zero-order valence-corrected chi connectivity index (χ0v) is 16.1. The number of anilines is 1. The Labute approximate surface area is 167 Å². The number of hydrogen-bond acceptors (Lipinski definition) is 6. The number of carbonyl (C=O) groups is 1. The highest BCUT2D eigenvalue weighted by molar-refractivity contribution is 6.03. The van der Waals surface area contributed by atoms with Crippen LogP contribution in [0.5, 0.6) is 0 Å². The quantitative estimate of drug-likeness (QED) is 0.594. The van der Waals surface area contributed by atoms with E-state index in [1.54, 1.807) is 0 Å². The van der Waals surface area contributed by atoms with E-state index in [4.69, 9.17) is 4.84 Å². The molecule has 8 heteroatoms. The van der Waals surface area contributed by atoms with Crippen LogP contribution in [-0.2, 0) is 6.42 Å². The van der Waals surface area contributed by atoms with E-state index < -0.39 is 11.5 Å². The lowest BCUT2D eigenvalue weighted by Crippen LogP contribution is -2.34. The highest BCUT2D eigenvalue weighted by Crippen LogP contribution is 2.36. The van der Waals surface area contributed by atoms with Gasteiger partial charge in [0.2, 0.25) is 0 Å². The fourth-order valence-corrected chi connectivity index (χ4v) is 3.75. The Balaban J connectivity index is 1.85. The zero-order valence-electron chi connectivity index (χ0n) is 16.1. The molecule has 1 aliphatic carbocycles. The van der Waals surface area contributed by atoms with Crippen LogP contribution in [0, 0.1) is 0 Å². The number of unbranched alkanes of at least 4 members (excludes halogenated alkanes) is 1. The van der Waals surface area contributed by atoms with Crippen molar-refractivity contribution in [2.24, 2.45) is 0 Å². The molecule has 0 fully saturated rings. The third-order valence-corrected chi connectivity index (χ3v) is 5.18. The van der Waals surface area contributed by atoms with Gasteiger partial charge >= 0.3 is 11.5 Å². The van der Waals surface area contributed by atoms with Crippen molar-refractivity contribution < 1.29 is 14.7 Å². The molecule has 0 aliphatic heterocycles. The Morgan fingerprint density at radius 2 is 2.21 bits per heavy atom. The number of pyridine rings is 1. The zero-order chi connectivity index (χ0) is 20.4. The molecule has 1 unspecified atom stereocenters. The minimum atomic E-state index is -1.32. The largest absolute Gasteiger partial charge is 0.477 e. The molecule has 0 saturated heterocycles. The second-order valence-electron chi connectivity index (χ2n) is 7.04. The van der Waals surface area contributed by atoms with Crippen LogP contribution < -0.4 is 15.7 Å². The van der Waals surface area contributed by atoms with Crippen molar-refractivity contribution in [2.75, 3.05) is 11.9 Å². The molecular formula is C21H22N4O4. The number of aromatic carboxylic acids is 1. The topological polar surface area (TPSA) is 106 Å². The Bertz CT molecular complexity index is 1130. The summed E-state index contributed by atoms with van der Waals surface area (Å²) in [6.45, 7) is 2.29. The minimum Gasteiger partial charge on any atom is -0.477 e. The SMILES string of the molecule is CCCCOn1c(=O)c(C(=O)O)c(NC2CCc3ccccc32)c2cncnc21. The Hall–Kier alpha value is -3.42. The van der Waals surface area contributed by atoms with Gasteiger partial charge in [0.1, 0.15) is 12.9 Å². The maximum Gasteiger partial charge on any atom is 0.343 e. The molecule has 0 spiro atoms. The molecule has 29 heavy (non-hydrogen) atoms. The fourth-order valence-electron chi connectivity index (χ4n) is 3.75. The second-order valence-corrected chi connectivity index (χ2v) is 7.04. The maximum absolute atomic E-state index is 13.0. The Morgan fingerprint density at radius 1 is 1.38 bits per heavy atom. The second kappa shape index (κ2) is 7.90. The molecule has 1 aromatic carbocycles. The van der Waals surface area contributed by atoms with Crippen molar-refractivity contribution in [3.63, 3.8) is 0 Å². The van der Waals surface area contributed by atoms with Crippen LogP contribution in [0.4, 0.5) is 5.69 Å². The van der Waals surface area contributed by atoms with Gasteiger partial charge in [-0.1, -0.05) is 37.6 Å². The van der Waals surface area contributed by atoms with E-state index in [0.29, 0.717) is 5.39 Å². The Morgan fingerprint density at radius 3 is 3.00 bits per heavy atom. The molecule has 1 atom stereocenters. The molecule has 0 bridgehead atoms. The van der Waals surface area contributed by atoms with Gasteiger partial charge < -0.3 is 15.3 Å². The van der Waals surface area contributed by atoms with Gasteiger partial charge in [0.05, 0.1) is 17.1 Å². The van der Waals surface area contributed by atoms with E-state index >= 15 is 0 Å². The summed E-state index contributed by atoms with van der Waals surface area (Å²) in [5.41, 5.74) is 1.70. The highest BCUT2D eigenvalue weighted by atomic mass is 16.7. The summed E-state index contributed by atoms with van der Waals surface area (Å²) in [6.07, 6.45) is 6.15. The van der Waals surface area contributed by atoms with Crippen molar-refractivity contribution in [3.8, 4) is 0 Å². The van der Waals surface area contributed by atoms with Gasteiger partial charge in [0.25, 0.3) is 0 Å². The lowest BCUT2D eigenvalue weighted by Gasteiger charge is -2.20. The van der Waals surface area contributed by atoms with Crippen LogP contribution >= 0.6 is 0 Å². The molecule has 2 heterocycles. The van der Waals surface area contributed by atoms with E-state index in [2.05, 4.69) is 21.4 Å². The van der Waals surface area contributed by atoms with Crippen LogP contribution in [0.1, 0.15) is 53.7 Å². The van der Waals surface area contributed by atoms with Crippen molar-refractivity contribution in [1.29, 1.82) is 0 Å². The summed E-state index contributed by atoms with van der Waals surface area (Å²) in [4.78, 5) is 38.9. The van der Waals surface area contributed by atoms with E-state index in [-0.39, 0.29) is 29.5 Å². The molecule has 0 radical (unpaired) electrons. The van der Waals surface area contributed by atoms with Crippen molar-refractivity contribution >= 4 is 22.7 Å². The number of nitrogens with one attached hydrogen (secondary N) is 1. The summed E-state index contributed by atoms with van der Waals surface area (Å²) in [5.74, 6) is -1.32. The first kappa shape index (κ1) is 18.9. The summed E-state index contributed by atoms with van der Waals surface area (Å²) < 4.78 is 0.976. The number of benzene rings is 1. The van der Waals surface area contributed by atoms with Gasteiger partial charge in [0, 0.05) is 6.20 Å². The first-order chi connectivity index (χ1) is 14.1. The molecule has 2 aromatic heterocycles.